The molecule has 152 valence electrons. The predicted molar refractivity (Wildman–Crippen MR) is 104 cm³/mol. The third-order valence-corrected chi connectivity index (χ3v) is 5.40. The second kappa shape index (κ2) is 10.4. The smallest absolute Gasteiger partial charge is 0.225 e. The number of amides is 2. The maximum atomic E-state index is 12.5. The third-order valence-electron chi connectivity index (χ3n) is 5.40. The minimum Gasteiger partial charge on any atom is -0.376 e. The van der Waals surface area contributed by atoms with Crippen molar-refractivity contribution in [1.82, 2.24) is 20.0 Å². The van der Waals surface area contributed by atoms with Crippen molar-refractivity contribution >= 4 is 11.8 Å². The largest absolute Gasteiger partial charge is 0.376 e. The van der Waals surface area contributed by atoms with E-state index in [0.29, 0.717) is 32.4 Å². The van der Waals surface area contributed by atoms with Crippen LogP contribution < -0.4 is 5.32 Å². The van der Waals surface area contributed by atoms with Crippen molar-refractivity contribution in [2.45, 2.75) is 64.5 Å². The number of ether oxygens (including phenoxy) is 1. The van der Waals surface area contributed by atoms with Gasteiger partial charge < -0.3 is 15.0 Å². The van der Waals surface area contributed by atoms with Gasteiger partial charge in [0.1, 0.15) is 0 Å². The van der Waals surface area contributed by atoms with Gasteiger partial charge in [-0.15, -0.1) is 0 Å². The fourth-order valence-electron chi connectivity index (χ4n) is 3.61. The fraction of sp³-hybridized carbons (Fsp3) is 0.750. The first kappa shape index (κ1) is 21.4. The van der Waals surface area contributed by atoms with Crippen molar-refractivity contribution < 1.29 is 14.3 Å². The lowest BCUT2D eigenvalue weighted by atomic mass is 9.82. The summed E-state index contributed by atoms with van der Waals surface area (Å²) in [6, 6.07) is 1.91. The highest BCUT2D eigenvalue weighted by Crippen LogP contribution is 2.28. The molecule has 2 rings (SSSR count). The number of rotatable bonds is 9. The maximum absolute atomic E-state index is 12.5. The van der Waals surface area contributed by atoms with Gasteiger partial charge in [0, 0.05) is 51.5 Å². The average Bonchev–Trinajstić information content (AvgIpc) is 3.09. The SMILES string of the molecule is CCCO[C@@H]1C[C@@H](C(=O)N(C)CC)CC[C@H]1NC(=O)CCc1ccnn1C. The molecule has 1 heterocycles. The molecular formula is C20H34N4O3. The minimum atomic E-state index is -0.0986. The molecule has 1 N–H and O–H groups in total. The fourth-order valence-corrected chi connectivity index (χ4v) is 3.61. The minimum absolute atomic E-state index is 0.0144. The molecule has 0 saturated heterocycles. The van der Waals surface area contributed by atoms with E-state index in [9.17, 15) is 9.59 Å². The van der Waals surface area contributed by atoms with Gasteiger partial charge in [-0.1, -0.05) is 6.92 Å². The number of carbonyl (C=O) groups excluding carboxylic acids is 2. The highest BCUT2D eigenvalue weighted by Gasteiger charge is 2.36. The van der Waals surface area contributed by atoms with Crippen LogP contribution in [0.5, 0.6) is 0 Å². The van der Waals surface area contributed by atoms with E-state index < -0.39 is 0 Å². The number of aryl methyl sites for hydroxylation is 2. The van der Waals surface area contributed by atoms with E-state index in [1.165, 1.54) is 0 Å². The standard InChI is InChI=1S/C20H34N4O3/c1-5-13-27-18-14-15(20(26)23(3)6-2)7-9-17(18)22-19(25)10-8-16-11-12-21-24(16)4/h11-12,15,17-18H,5-10,13-14H2,1-4H3,(H,22,25)/t15-,17+,18+/m0/s1. The summed E-state index contributed by atoms with van der Waals surface area (Å²) in [6.07, 6.45) is 5.91. The Morgan fingerprint density at radius 2 is 2.15 bits per heavy atom. The molecule has 0 spiro atoms. The molecule has 1 aliphatic carbocycles. The normalized spacial score (nSPS) is 22.4. The Bertz CT molecular complexity index is 616. The van der Waals surface area contributed by atoms with E-state index in [4.69, 9.17) is 4.74 Å². The molecule has 3 atom stereocenters. The highest BCUT2D eigenvalue weighted by atomic mass is 16.5. The van der Waals surface area contributed by atoms with Gasteiger partial charge in [0.15, 0.2) is 0 Å². The molecule has 1 aromatic heterocycles. The van der Waals surface area contributed by atoms with Crippen LogP contribution in [0.3, 0.4) is 0 Å². The van der Waals surface area contributed by atoms with Crippen LogP contribution >= 0.6 is 0 Å². The van der Waals surface area contributed by atoms with Crippen molar-refractivity contribution in [2.24, 2.45) is 13.0 Å². The van der Waals surface area contributed by atoms with Crippen molar-refractivity contribution in [3.05, 3.63) is 18.0 Å². The van der Waals surface area contributed by atoms with Crippen LogP contribution in [0.2, 0.25) is 0 Å². The van der Waals surface area contributed by atoms with E-state index in [1.807, 2.05) is 27.1 Å². The van der Waals surface area contributed by atoms with Crippen LogP contribution in [0.1, 0.15) is 51.6 Å². The van der Waals surface area contributed by atoms with E-state index >= 15 is 0 Å². The van der Waals surface area contributed by atoms with Gasteiger partial charge in [-0.3, -0.25) is 14.3 Å². The monoisotopic (exact) mass is 378 g/mol. The summed E-state index contributed by atoms with van der Waals surface area (Å²) in [4.78, 5) is 26.7. The topological polar surface area (TPSA) is 76.5 Å². The Hall–Kier alpha value is -1.89. The Morgan fingerprint density at radius 1 is 1.37 bits per heavy atom. The lowest BCUT2D eigenvalue weighted by Gasteiger charge is -2.37. The number of aromatic nitrogens is 2. The Labute approximate surface area is 162 Å². The summed E-state index contributed by atoms with van der Waals surface area (Å²) in [6.45, 7) is 5.41. The first-order valence-electron chi connectivity index (χ1n) is 10.1. The molecule has 0 unspecified atom stereocenters. The second-order valence-corrected chi connectivity index (χ2v) is 7.39. The molecule has 1 saturated carbocycles. The first-order valence-corrected chi connectivity index (χ1v) is 10.1. The van der Waals surface area contributed by atoms with Crippen LogP contribution in [-0.4, -0.2) is 58.8 Å². The molecule has 27 heavy (non-hydrogen) atoms. The number of hydrogen-bond donors (Lipinski definition) is 1. The molecule has 1 fully saturated rings. The zero-order valence-corrected chi connectivity index (χ0v) is 17.1. The Kier molecular flexibility index (Phi) is 8.28. The van der Waals surface area contributed by atoms with Crippen LogP contribution in [0, 0.1) is 5.92 Å². The number of nitrogens with zero attached hydrogens (tertiary/aromatic N) is 3. The maximum Gasteiger partial charge on any atom is 0.225 e. The molecule has 2 amide bonds. The summed E-state index contributed by atoms with van der Waals surface area (Å²) >= 11 is 0. The molecule has 1 aliphatic rings. The lowest BCUT2D eigenvalue weighted by Crippen LogP contribution is -2.50. The van der Waals surface area contributed by atoms with Crippen molar-refractivity contribution in [3.63, 3.8) is 0 Å². The molecule has 0 radical (unpaired) electrons. The van der Waals surface area contributed by atoms with Crippen molar-refractivity contribution in [1.29, 1.82) is 0 Å². The van der Waals surface area contributed by atoms with Gasteiger partial charge in [-0.05, 0) is 45.1 Å². The van der Waals surface area contributed by atoms with Gasteiger partial charge >= 0.3 is 0 Å². The predicted octanol–water partition coefficient (Wildman–Crippen LogP) is 1.91. The Morgan fingerprint density at radius 3 is 2.78 bits per heavy atom. The highest BCUT2D eigenvalue weighted by molar-refractivity contribution is 5.79. The van der Waals surface area contributed by atoms with Gasteiger partial charge in [0.2, 0.25) is 11.8 Å². The zero-order valence-electron chi connectivity index (χ0n) is 17.1. The summed E-state index contributed by atoms with van der Waals surface area (Å²) in [5.41, 5.74) is 1.04. The van der Waals surface area contributed by atoms with Crippen LogP contribution in [-0.2, 0) is 27.8 Å². The summed E-state index contributed by atoms with van der Waals surface area (Å²) in [5, 5.41) is 7.28. The zero-order chi connectivity index (χ0) is 19.8. The van der Waals surface area contributed by atoms with Crippen LogP contribution in [0.15, 0.2) is 12.3 Å². The third kappa shape index (κ3) is 6.06. The summed E-state index contributed by atoms with van der Waals surface area (Å²) < 4.78 is 7.80. The van der Waals surface area contributed by atoms with E-state index in [-0.39, 0.29) is 29.9 Å². The first-order chi connectivity index (χ1) is 13.0. The van der Waals surface area contributed by atoms with Crippen molar-refractivity contribution in [2.75, 3.05) is 20.2 Å². The molecule has 0 aliphatic heterocycles. The average molecular weight is 379 g/mol. The van der Waals surface area contributed by atoms with E-state index in [1.54, 1.807) is 15.8 Å². The van der Waals surface area contributed by atoms with Crippen molar-refractivity contribution in [3.8, 4) is 0 Å². The summed E-state index contributed by atoms with van der Waals surface area (Å²) in [5.74, 6) is 0.199. The molecular weight excluding hydrogens is 344 g/mol. The molecule has 0 aromatic carbocycles. The molecule has 7 nitrogen and oxygen atoms in total. The number of hydrogen-bond acceptors (Lipinski definition) is 4. The number of nitrogens with one attached hydrogen (secondary N) is 1. The van der Waals surface area contributed by atoms with E-state index in [2.05, 4.69) is 17.3 Å². The second-order valence-electron chi connectivity index (χ2n) is 7.39. The Balaban J connectivity index is 1.90. The van der Waals surface area contributed by atoms with Crippen LogP contribution in [0.25, 0.3) is 0 Å². The van der Waals surface area contributed by atoms with Gasteiger partial charge in [0.05, 0.1) is 12.1 Å². The molecule has 1 aromatic rings. The molecule has 0 bridgehead atoms. The van der Waals surface area contributed by atoms with Crippen LogP contribution in [0.4, 0.5) is 0 Å². The summed E-state index contributed by atoms with van der Waals surface area (Å²) in [7, 11) is 3.73. The van der Waals surface area contributed by atoms with Gasteiger partial charge in [0.25, 0.3) is 0 Å². The lowest BCUT2D eigenvalue weighted by molar-refractivity contribution is -0.138. The van der Waals surface area contributed by atoms with Gasteiger partial charge in [-0.2, -0.15) is 5.10 Å². The molecule has 7 heteroatoms. The van der Waals surface area contributed by atoms with Gasteiger partial charge in [-0.25, -0.2) is 0 Å². The van der Waals surface area contributed by atoms with E-state index in [0.717, 1.165) is 25.0 Å². The quantitative estimate of drug-likeness (QED) is 0.712. The number of carbonyl (C=O) groups is 2.